The Balaban J connectivity index is 1.08. The maximum Gasteiger partial charge on any atom is 0.275 e. The van der Waals surface area contributed by atoms with Crippen molar-refractivity contribution in [3.8, 4) is 0 Å². The first-order chi connectivity index (χ1) is 24.2. The van der Waals surface area contributed by atoms with Crippen LogP contribution in [0.15, 0.2) is 60.7 Å². The van der Waals surface area contributed by atoms with Gasteiger partial charge in [-0.3, -0.25) is 19.2 Å². The second-order valence-electron chi connectivity index (χ2n) is 15.6. The van der Waals surface area contributed by atoms with Crippen molar-refractivity contribution in [2.45, 2.75) is 25.7 Å². The van der Waals surface area contributed by atoms with Gasteiger partial charge in [0, 0.05) is 36.7 Å². The van der Waals surface area contributed by atoms with E-state index < -0.39 is 0 Å². The third-order valence-corrected chi connectivity index (χ3v) is 10.6. The number of hydrogen-bond donors (Lipinski definition) is 2. The van der Waals surface area contributed by atoms with Crippen LogP contribution in [0.3, 0.4) is 0 Å². The molecule has 4 aromatic carbocycles. The van der Waals surface area contributed by atoms with Crippen LogP contribution < -0.4 is 10.9 Å². The maximum absolute atomic E-state index is 13.4. The Bertz CT molecular complexity index is 1830. The molecule has 4 aromatic rings. The SMILES string of the molecule is C[N+](C)(C)CCCNN1C(=O)c2cccc3c(CCSCCc4ccc5c6c(cccc46)C(=O)N(NCCC[N+](C)(C)C)C5=O)ccc(c23)C1=O. The number of imide groups is 2. The van der Waals surface area contributed by atoms with Crippen LogP contribution in [0.25, 0.3) is 21.5 Å². The molecule has 0 radical (unpaired) electrons. The van der Waals surface area contributed by atoms with Crippen molar-refractivity contribution in [3.63, 3.8) is 0 Å². The first kappa shape index (κ1) is 36.7. The predicted octanol–water partition coefficient (Wildman–Crippen LogP) is 4.91. The number of hydrazine groups is 2. The summed E-state index contributed by atoms with van der Waals surface area (Å²) in [5.41, 5.74) is 10.6. The molecule has 51 heavy (non-hydrogen) atoms. The van der Waals surface area contributed by atoms with Crippen LogP contribution in [0.1, 0.15) is 65.4 Å². The highest BCUT2D eigenvalue weighted by atomic mass is 32.2. The molecule has 0 unspecified atom stereocenters. The van der Waals surface area contributed by atoms with Crippen LogP contribution in [0.4, 0.5) is 0 Å². The van der Waals surface area contributed by atoms with E-state index in [9.17, 15) is 19.2 Å². The van der Waals surface area contributed by atoms with Crippen molar-refractivity contribution >= 4 is 56.9 Å². The summed E-state index contributed by atoms with van der Waals surface area (Å²) in [6.45, 7) is 2.94. The van der Waals surface area contributed by atoms with Gasteiger partial charge in [0.05, 0.1) is 77.6 Å². The summed E-state index contributed by atoms with van der Waals surface area (Å²) < 4.78 is 1.63. The Morgan fingerprint density at radius 1 is 0.529 bits per heavy atom. The second kappa shape index (κ2) is 14.8. The van der Waals surface area contributed by atoms with Gasteiger partial charge in [0.15, 0.2) is 0 Å². The van der Waals surface area contributed by atoms with E-state index in [-0.39, 0.29) is 23.6 Å². The maximum atomic E-state index is 13.4. The van der Waals surface area contributed by atoms with Crippen molar-refractivity contribution in [1.29, 1.82) is 0 Å². The normalized spacial score (nSPS) is 14.8. The lowest BCUT2D eigenvalue weighted by molar-refractivity contribution is -0.870. The molecule has 0 saturated heterocycles. The van der Waals surface area contributed by atoms with Gasteiger partial charge in [-0.25, -0.2) is 20.9 Å². The van der Waals surface area contributed by atoms with Gasteiger partial charge in [-0.05, 0) is 70.5 Å². The van der Waals surface area contributed by atoms with Crippen LogP contribution in [0, 0.1) is 0 Å². The average molecular weight is 711 g/mol. The highest BCUT2D eigenvalue weighted by Crippen LogP contribution is 2.34. The summed E-state index contributed by atoms with van der Waals surface area (Å²) in [5, 5.41) is 5.74. The molecular formula is C40H50N6O4S+2. The fourth-order valence-corrected chi connectivity index (χ4v) is 7.92. The number of rotatable bonds is 16. The van der Waals surface area contributed by atoms with Gasteiger partial charge in [-0.2, -0.15) is 11.8 Å². The number of carbonyl (C=O) groups is 4. The Hall–Kier alpha value is -4.13. The molecule has 2 N–H and O–H groups in total. The second-order valence-corrected chi connectivity index (χ2v) is 16.8. The number of benzene rings is 4. The summed E-state index contributed by atoms with van der Waals surface area (Å²) in [7, 11) is 12.7. The van der Waals surface area contributed by atoms with Crippen molar-refractivity contribution in [3.05, 3.63) is 94.0 Å². The summed E-state index contributed by atoms with van der Waals surface area (Å²) in [6.07, 6.45) is 3.27. The molecule has 0 saturated carbocycles. The molecule has 0 fully saturated rings. The fraction of sp³-hybridized carbons (Fsp3) is 0.400. The van der Waals surface area contributed by atoms with Gasteiger partial charge in [-0.1, -0.05) is 36.4 Å². The van der Waals surface area contributed by atoms with Gasteiger partial charge in [0.25, 0.3) is 23.6 Å². The molecule has 4 amide bonds. The Morgan fingerprint density at radius 2 is 0.902 bits per heavy atom. The number of thioether (sulfide) groups is 1. The lowest BCUT2D eigenvalue weighted by atomic mass is 9.91. The largest absolute Gasteiger partial charge is 0.331 e. The molecule has 2 aliphatic heterocycles. The van der Waals surface area contributed by atoms with Crippen molar-refractivity contribution < 1.29 is 28.1 Å². The first-order valence-electron chi connectivity index (χ1n) is 17.8. The molecular weight excluding hydrogens is 661 g/mol. The Kier molecular flexibility index (Phi) is 10.7. The summed E-state index contributed by atoms with van der Waals surface area (Å²) in [4.78, 5) is 53.7. The summed E-state index contributed by atoms with van der Waals surface area (Å²) >= 11 is 1.84. The third-order valence-electron chi connectivity index (χ3n) is 9.58. The zero-order valence-electron chi connectivity index (χ0n) is 30.7. The quantitative estimate of drug-likeness (QED) is 0.0970. The van der Waals surface area contributed by atoms with Gasteiger partial charge in [-0.15, -0.1) is 0 Å². The van der Waals surface area contributed by atoms with E-state index >= 15 is 0 Å². The van der Waals surface area contributed by atoms with E-state index in [4.69, 9.17) is 0 Å². The molecule has 0 spiro atoms. The van der Waals surface area contributed by atoms with E-state index in [1.54, 1.807) is 0 Å². The number of hydrogen-bond acceptors (Lipinski definition) is 7. The average Bonchev–Trinajstić information content (AvgIpc) is 3.08. The number of amides is 4. The number of nitrogens with zero attached hydrogens (tertiary/aromatic N) is 4. The first-order valence-corrected chi connectivity index (χ1v) is 18.9. The number of aryl methyl sites for hydroxylation is 2. The van der Waals surface area contributed by atoms with Gasteiger partial charge in [0.2, 0.25) is 0 Å². The van der Waals surface area contributed by atoms with Crippen LogP contribution in [0.2, 0.25) is 0 Å². The van der Waals surface area contributed by atoms with E-state index in [0.717, 1.165) is 91.9 Å². The molecule has 10 nitrogen and oxygen atoms in total. The summed E-state index contributed by atoms with van der Waals surface area (Å²) in [5.74, 6) is 0.510. The fourth-order valence-electron chi connectivity index (χ4n) is 6.99. The Morgan fingerprint density at radius 3 is 1.27 bits per heavy atom. The zero-order valence-corrected chi connectivity index (χ0v) is 31.5. The van der Waals surface area contributed by atoms with Crippen molar-refractivity contribution in [2.75, 3.05) is 80.0 Å². The molecule has 0 aromatic heterocycles. The minimum absolute atomic E-state index is 0.307. The van der Waals surface area contributed by atoms with Crippen LogP contribution in [0.5, 0.6) is 0 Å². The van der Waals surface area contributed by atoms with Crippen LogP contribution in [-0.4, -0.2) is 123 Å². The highest BCUT2D eigenvalue weighted by molar-refractivity contribution is 7.99. The monoisotopic (exact) mass is 710 g/mol. The zero-order chi connectivity index (χ0) is 36.5. The number of quaternary nitrogens is 2. The molecule has 11 heteroatoms. The third kappa shape index (κ3) is 7.88. The summed E-state index contributed by atoms with van der Waals surface area (Å²) in [6, 6.07) is 19.2. The van der Waals surface area contributed by atoms with E-state index in [1.165, 1.54) is 10.0 Å². The molecule has 2 aliphatic rings. The standard InChI is InChI=1S/C40H50N6O4S/c1-45(2,3)23-9-21-41-43-37(47)31-13-7-11-29-27(15-17-33(35(29)31)39(43)49)19-25-51-26-20-28-16-18-34-36-30(28)12-8-14-32(36)38(48)44(40(34)50)42-22-10-24-46(4,5)6/h7-8,11-18,41-42H,9-10,19-26H2,1-6H3/q+2. The van der Waals surface area contributed by atoms with E-state index in [2.05, 4.69) is 53.1 Å². The van der Waals surface area contributed by atoms with E-state index in [1.807, 2.05) is 72.4 Å². The Labute approximate surface area is 304 Å². The van der Waals surface area contributed by atoms with Gasteiger partial charge < -0.3 is 8.97 Å². The topological polar surface area (TPSA) is 98.8 Å². The number of carbonyl (C=O) groups excluding carboxylic acids is 4. The number of nitrogens with one attached hydrogen (secondary N) is 2. The van der Waals surface area contributed by atoms with Crippen molar-refractivity contribution in [1.82, 2.24) is 20.9 Å². The smallest absolute Gasteiger partial charge is 0.275 e. The van der Waals surface area contributed by atoms with Crippen LogP contribution in [-0.2, 0) is 12.8 Å². The van der Waals surface area contributed by atoms with Crippen LogP contribution >= 0.6 is 11.8 Å². The molecule has 0 atom stereocenters. The predicted molar refractivity (Wildman–Crippen MR) is 205 cm³/mol. The van der Waals surface area contributed by atoms with E-state index in [0.29, 0.717) is 35.3 Å². The molecule has 0 bridgehead atoms. The van der Waals surface area contributed by atoms with Gasteiger partial charge in [0.1, 0.15) is 0 Å². The lowest BCUT2D eigenvalue weighted by Crippen LogP contribution is -2.50. The highest BCUT2D eigenvalue weighted by Gasteiger charge is 2.35. The van der Waals surface area contributed by atoms with Gasteiger partial charge >= 0.3 is 0 Å². The molecule has 2 heterocycles. The minimum atomic E-state index is -0.307. The molecule has 0 aliphatic carbocycles. The molecule has 268 valence electrons. The minimum Gasteiger partial charge on any atom is -0.331 e. The lowest BCUT2D eigenvalue weighted by Gasteiger charge is -2.29. The molecule has 6 rings (SSSR count). The van der Waals surface area contributed by atoms with Crippen molar-refractivity contribution in [2.24, 2.45) is 0 Å².